The molecule has 2 rings (SSSR count). The van der Waals surface area contributed by atoms with Gasteiger partial charge in [-0.05, 0) is 31.9 Å². The molecule has 1 fully saturated rings. The van der Waals surface area contributed by atoms with E-state index in [1.54, 1.807) is 4.90 Å². The number of hydrogen-bond donors (Lipinski definition) is 1. The van der Waals surface area contributed by atoms with E-state index < -0.39 is 12.1 Å². The lowest BCUT2D eigenvalue weighted by Crippen LogP contribution is -2.34. The molecule has 102 valence electrons. The lowest BCUT2D eigenvalue weighted by atomic mass is 10.1. The van der Waals surface area contributed by atoms with Gasteiger partial charge in [-0.2, -0.15) is 0 Å². The lowest BCUT2D eigenvalue weighted by molar-refractivity contribution is -0.137. The molecular weight excluding hydrogens is 246 g/mol. The smallest absolute Gasteiger partial charge is 0.414 e. The quantitative estimate of drug-likeness (QED) is 0.906. The SMILES string of the molecule is Cc1ccc(N2C(=O)OCC2CCC(=O)O)c(C)c1. The molecule has 1 N–H and O–H groups in total. The van der Waals surface area contributed by atoms with E-state index in [1.807, 2.05) is 32.0 Å². The van der Waals surface area contributed by atoms with Crippen LogP contribution >= 0.6 is 0 Å². The van der Waals surface area contributed by atoms with Crippen molar-refractivity contribution in [2.24, 2.45) is 0 Å². The van der Waals surface area contributed by atoms with Crippen molar-refractivity contribution in [3.05, 3.63) is 29.3 Å². The van der Waals surface area contributed by atoms with E-state index >= 15 is 0 Å². The zero-order valence-corrected chi connectivity index (χ0v) is 11.0. The minimum absolute atomic E-state index is 0.0305. The average Bonchev–Trinajstić information content (AvgIpc) is 2.68. The van der Waals surface area contributed by atoms with Gasteiger partial charge >= 0.3 is 12.1 Å². The fourth-order valence-electron chi connectivity index (χ4n) is 2.33. The molecule has 0 aromatic heterocycles. The van der Waals surface area contributed by atoms with E-state index in [4.69, 9.17) is 9.84 Å². The van der Waals surface area contributed by atoms with Crippen molar-refractivity contribution in [1.29, 1.82) is 0 Å². The van der Waals surface area contributed by atoms with E-state index in [-0.39, 0.29) is 19.1 Å². The molecule has 0 radical (unpaired) electrons. The molecule has 1 amide bonds. The Balaban J connectivity index is 2.23. The second-order valence-corrected chi connectivity index (χ2v) is 4.82. The van der Waals surface area contributed by atoms with Gasteiger partial charge in [-0.3, -0.25) is 9.69 Å². The average molecular weight is 263 g/mol. The zero-order valence-electron chi connectivity index (χ0n) is 11.0. The van der Waals surface area contributed by atoms with Gasteiger partial charge in [0.15, 0.2) is 0 Å². The van der Waals surface area contributed by atoms with E-state index in [0.29, 0.717) is 6.42 Å². The van der Waals surface area contributed by atoms with Crippen LogP contribution in [0.4, 0.5) is 10.5 Å². The van der Waals surface area contributed by atoms with Crippen LogP contribution in [0.3, 0.4) is 0 Å². The number of hydrogen-bond acceptors (Lipinski definition) is 3. The third kappa shape index (κ3) is 2.86. The fraction of sp³-hybridized carbons (Fsp3) is 0.429. The number of rotatable bonds is 4. The Kier molecular flexibility index (Phi) is 3.74. The number of nitrogens with zero attached hydrogens (tertiary/aromatic N) is 1. The molecule has 1 atom stereocenters. The Bertz CT molecular complexity index is 512. The third-order valence-electron chi connectivity index (χ3n) is 3.26. The molecule has 1 unspecified atom stereocenters. The predicted molar refractivity (Wildman–Crippen MR) is 70.4 cm³/mol. The van der Waals surface area contributed by atoms with Crippen LogP contribution in [0.15, 0.2) is 18.2 Å². The number of aryl methyl sites for hydroxylation is 2. The summed E-state index contributed by atoms with van der Waals surface area (Å²) in [6.45, 7) is 4.17. The van der Waals surface area contributed by atoms with Gasteiger partial charge in [0, 0.05) is 6.42 Å². The first-order valence-corrected chi connectivity index (χ1v) is 6.24. The molecule has 0 bridgehead atoms. The molecule has 1 saturated heterocycles. The highest BCUT2D eigenvalue weighted by molar-refractivity contribution is 5.91. The van der Waals surface area contributed by atoms with Crippen LogP contribution in [0.2, 0.25) is 0 Å². The zero-order chi connectivity index (χ0) is 14.0. The van der Waals surface area contributed by atoms with Gasteiger partial charge in [0.1, 0.15) is 6.61 Å². The maximum absolute atomic E-state index is 11.8. The van der Waals surface area contributed by atoms with Crippen LogP contribution in [0, 0.1) is 13.8 Å². The number of anilines is 1. The molecule has 1 aromatic rings. The Labute approximate surface area is 111 Å². The third-order valence-corrected chi connectivity index (χ3v) is 3.26. The Hall–Kier alpha value is -2.04. The number of carbonyl (C=O) groups excluding carboxylic acids is 1. The van der Waals surface area contributed by atoms with E-state index in [9.17, 15) is 9.59 Å². The summed E-state index contributed by atoms with van der Waals surface area (Å²) < 4.78 is 5.04. The molecule has 0 saturated carbocycles. The van der Waals surface area contributed by atoms with Gasteiger partial charge in [-0.1, -0.05) is 17.7 Å². The van der Waals surface area contributed by atoms with Gasteiger partial charge in [-0.15, -0.1) is 0 Å². The summed E-state index contributed by atoms with van der Waals surface area (Å²) in [6, 6.07) is 5.60. The first-order valence-electron chi connectivity index (χ1n) is 6.24. The molecule has 0 aliphatic carbocycles. The minimum atomic E-state index is -0.861. The summed E-state index contributed by atoms with van der Waals surface area (Å²) in [5, 5.41) is 8.74. The molecule has 1 aromatic carbocycles. The first-order chi connectivity index (χ1) is 8.99. The number of benzene rings is 1. The number of carbonyl (C=O) groups is 2. The standard InChI is InChI=1S/C14H17NO4/c1-9-3-5-12(10(2)7-9)15-11(4-6-13(16)17)8-19-14(15)18/h3,5,7,11H,4,6,8H2,1-2H3,(H,16,17). The number of carboxylic acid groups (broad SMARTS) is 1. The minimum Gasteiger partial charge on any atom is -0.481 e. The summed E-state index contributed by atoms with van der Waals surface area (Å²) in [6.07, 6.45) is 0.0271. The number of carboxylic acids is 1. The van der Waals surface area contributed by atoms with Gasteiger partial charge in [-0.25, -0.2) is 4.79 Å². The van der Waals surface area contributed by atoms with Gasteiger partial charge in [0.2, 0.25) is 0 Å². The van der Waals surface area contributed by atoms with Gasteiger partial charge in [0.25, 0.3) is 0 Å². The normalized spacial score (nSPS) is 18.5. The van der Waals surface area contributed by atoms with Crippen molar-refractivity contribution in [1.82, 2.24) is 0 Å². The maximum Gasteiger partial charge on any atom is 0.414 e. The van der Waals surface area contributed by atoms with E-state index in [0.717, 1.165) is 16.8 Å². The molecule has 0 spiro atoms. The highest BCUT2D eigenvalue weighted by Crippen LogP contribution is 2.29. The molecule has 1 aliphatic heterocycles. The van der Waals surface area contributed by atoms with Crippen LogP contribution < -0.4 is 4.90 Å². The van der Waals surface area contributed by atoms with E-state index in [1.165, 1.54) is 0 Å². The summed E-state index contributed by atoms with van der Waals surface area (Å²) in [5.41, 5.74) is 2.90. The largest absolute Gasteiger partial charge is 0.481 e. The van der Waals surface area contributed by atoms with Gasteiger partial charge in [0.05, 0.1) is 11.7 Å². The van der Waals surface area contributed by atoms with Crippen molar-refractivity contribution < 1.29 is 19.4 Å². The van der Waals surface area contributed by atoms with Crippen molar-refractivity contribution in [3.63, 3.8) is 0 Å². The van der Waals surface area contributed by atoms with E-state index in [2.05, 4.69) is 0 Å². The molecular formula is C14H17NO4. The molecule has 1 heterocycles. The highest BCUT2D eigenvalue weighted by atomic mass is 16.6. The molecule has 5 nitrogen and oxygen atoms in total. The predicted octanol–water partition coefficient (Wildman–Crippen LogP) is 2.49. The van der Waals surface area contributed by atoms with Crippen LogP contribution in [-0.2, 0) is 9.53 Å². The number of amides is 1. The van der Waals surface area contributed by atoms with Gasteiger partial charge < -0.3 is 9.84 Å². The summed E-state index contributed by atoms with van der Waals surface area (Å²) in [5.74, 6) is -0.861. The number of cyclic esters (lactones) is 1. The topological polar surface area (TPSA) is 66.8 Å². The second kappa shape index (κ2) is 5.30. The summed E-state index contributed by atoms with van der Waals surface area (Å²) >= 11 is 0. The second-order valence-electron chi connectivity index (χ2n) is 4.82. The Morgan fingerprint density at radius 3 is 2.84 bits per heavy atom. The van der Waals surface area contributed by atoms with Crippen molar-refractivity contribution in [3.8, 4) is 0 Å². The van der Waals surface area contributed by atoms with Crippen LogP contribution in [-0.4, -0.2) is 29.8 Å². The van der Waals surface area contributed by atoms with Crippen molar-refractivity contribution in [2.75, 3.05) is 11.5 Å². The van der Waals surface area contributed by atoms with Crippen LogP contribution in [0.1, 0.15) is 24.0 Å². The maximum atomic E-state index is 11.8. The molecule has 1 aliphatic rings. The van der Waals surface area contributed by atoms with Crippen molar-refractivity contribution in [2.45, 2.75) is 32.7 Å². The first kappa shape index (κ1) is 13.4. The molecule has 19 heavy (non-hydrogen) atoms. The lowest BCUT2D eigenvalue weighted by Gasteiger charge is -2.23. The highest BCUT2D eigenvalue weighted by Gasteiger charge is 2.34. The Morgan fingerprint density at radius 2 is 2.21 bits per heavy atom. The number of ether oxygens (including phenoxy) is 1. The number of aliphatic carboxylic acids is 1. The van der Waals surface area contributed by atoms with Crippen LogP contribution in [0.25, 0.3) is 0 Å². The fourth-order valence-corrected chi connectivity index (χ4v) is 2.33. The summed E-state index contributed by atoms with van der Waals surface area (Å²) in [7, 11) is 0. The Morgan fingerprint density at radius 1 is 1.47 bits per heavy atom. The molecule has 5 heteroatoms. The van der Waals surface area contributed by atoms with Crippen molar-refractivity contribution >= 4 is 17.7 Å². The monoisotopic (exact) mass is 263 g/mol. The summed E-state index contributed by atoms with van der Waals surface area (Å²) in [4.78, 5) is 24.0. The van der Waals surface area contributed by atoms with Crippen LogP contribution in [0.5, 0.6) is 0 Å².